The van der Waals surface area contributed by atoms with E-state index < -0.39 is 72.9 Å². The van der Waals surface area contributed by atoms with Crippen LogP contribution in [0.1, 0.15) is 89.5 Å². The molecule has 242 valence electrons. The lowest BCUT2D eigenvalue weighted by atomic mass is 9.79. The molecule has 0 heterocycles. The van der Waals surface area contributed by atoms with Crippen LogP contribution in [-0.2, 0) is 22.8 Å². The van der Waals surface area contributed by atoms with Crippen molar-refractivity contribution in [3.63, 3.8) is 0 Å². The number of aliphatic carboxylic acids is 1. The summed E-state index contributed by atoms with van der Waals surface area (Å²) in [5.41, 5.74) is -0.695. The number of carbonyl (C=O) groups is 2. The lowest BCUT2D eigenvalue weighted by molar-refractivity contribution is -0.159. The molecule has 0 radical (unpaired) electrons. The van der Waals surface area contributed by atoms with Gasteiger partial charge in [0, 0.05) is 0 Å². The van der Waals surface area contributed by atoms with Crippen LogP contribution in [0, 0.1) is 5.92 Å². The van der Waals surface area contributed by atoms with Crippen LogP contribution in [-0.4, -0.2) is 72.1 Å². The predicted molar refractivity (Wildman–Crippen MR) is 175 cm³/mol. The van der Waals surface area contributed by atoms with E-state index in [1.165, 1.54) is 0 Å². The van der Waals surface area contributed by atoms with Gasteiger partial charge in [-0.3, -0.25) is 4.79 Å². The summed E-state index contributed by atoms with van der Waals surface area (Å²) in [5.74, 6) is -1.81. The van der Waals surface area contributed by atoms with Gasteiger partial charge in [-0.15, -0.1) is 0 Å². The first-order chi connectivity index (χ1) is 18.3. The van der Waals surface area contributed by atoms with E-state index in [0.717, 1.165) is 18.1 Å². The average molecular weight is 634 g/mol. The molecule has 0 aromatic carbocycles. The number of hydrogen-bond acceptors (Lipinski definition) is 6. The van der Waals surface area contributed by atoms with Gasteiger partial charge in [0.2, 0.25) is 0 Å². The average Bonchev–Trinajstić information content (AvgIpc) is 2.77. The van der Waals surface area contributed by atoms with Crippen LogP contribution in [0.25, 0.3) is 0 Å². The highest BCUT2D eigenvalue weighted by molar-refractivity contribution is 6.75. The second kappa shape index (κ2) is 13.5. The van der Waals surface area contributed by atoms with Crippen molar-refractivity contribution in [3.05, 3.63) is 0 Å². The van der Waals surface area contributed by atoms with Gasteiger partial charge < -0.3 is 28.4 Å². The predicted octanol–water partition coefficient (Wildman–Crippen LogP) is 8.16. The molecule has 11 heteroatoms. The van der Waals surface area contributed by atoms with E-state index in [9.17, 15) is 14.7 Å². The fraction of sp³-hybridized carbons (Fsp3) is 0.933. The summed E-state index contributed by atoms with van der Waals surface area (Å²) in [6.45, 7) is 33.7. The Balaban J connectivity index is 3.91. The van der Waals surface area contributed by atoms with Gasteiger partial charge in [0.15, 0.2) is 25.0 Å². The summed E-state index contributed by atoms with van der Waals surface area (Å²) in [7, 11) is -7.09. The third-order valence-electron chi connectivity index (χ3n) is 9.76. The van der Waals surface area contributed by atoms with Crippen LogP contribution in [0.3, 0.4) is 0 Å². The smallest absolute Gasteiger partial charge is 0.407 e. The van der Waals surface area contributed by atoms with E-state index in [2.05, 4.69) is 93.8 Å². The first-order valence-corrected chi connectivity index (χ1v) is 23.9. The summed E-state index contributed by atoms with van der Waals surface area (Å²) in [4.78, 5) is 26.1. The molecule has 0 bridgehead atoms. The molecule has 0 aromatic heterocycles. The molecule has 0 saturated heterocycles. The Labute approximate surface area is 254 Å². The zero-order chi connectivity index (χ0) is 32.4. The van der Waals surface area contributed by atoms with Gasteiger partial charge in [-0.2, -0.15) is 0 Å². The van der Waals surface area contributed by atoms with Gasteiger partial charge in [0.1, 0.15) is 5.60 Å². The van der Waals surface area contributed by atoms with Crippen molar-refractivity contribution in [1.29, 1.82) is 0 Å². The molecule has 2 N–H and O–H groups in total. The van der Waals surface area contributed by atoms with Crippen molar-refractivity contribution in [2.75, 3.05) is 0 Å². The molecule has 41 heavy (non-hydrogen) atoms. The quantitative estimate of drug-likeness (QED) is 0.221. The standard InChI is InChI=1S/C30H63NO7Si3/c1-17-41(18-2,19-3)38-25-23(36-39(13,14)29(7,8)9)21(26(32)33)20-22(31-27(34)35-28(4,5)6)24(25)37-40(15,16)30(10,11)12/h21-25H,17-20H2,1-16H3,(H,31,34)(H,32,33)/t21-,22+,23-,24-,25+/m0/s1. The molecule has 0 aliphatic heterocycles. The molecule has 5 atom stereocenters. The number of rotatable bonds is 11. The van der Waals surface area contributed by atoms with Crippen LogP contribution >= 0.6 is 0 Å². The zero-order valence-corrected chi connectivity index (χ0v) is 32.1. The number of hydrogen-bond donors (Lipinski definition) is 2. The summed E-state index contributed by atoms with van der Waals surface area (Å²) in [6.07, 6.45) is -2.32. The first kappa shape index (κ1) is 38.3. The van der Waals surface area contributed by atoms with Crippen LogP contribution in [0.2, 0.25) is 54.4 Å². The molecule has 1 rings (SSSR count). The van der Waals surface area contributed by atoms with Crippen LogP contribution < -0.4 is 5.32 Å². The molecule has 0 unspecified atom stereocenters. The summed E-state index contributed by atoms with van der Waals surface area (Å²) >= 11 is 0. The highest BCUT2D eigenvalue weighted by atomic mass is 28.4. The van der Waals surface area contributed by atoms with E-state index in [1.807, 2.05) is 20.8 Å². The molecular weight excluding hydrogens is 571 g/mol. The largest absolute Gasteiger partial charge is 0.481 e. The maximum atomic E-state index is 13.1. The topological polar surface area (TPSA) is 103 Å². The Morgan fingerprint density at radius 3 is 1.49 bits per heavy atom. The van der Waals surface area contributed by atoms with Crippen molar-refractivity contribution in [2.45, 2.75) is 174 Å². The molecule has 1 amide bonds. The normalized spacial score (nSPS) is 25.1. The van der Waals surface area contributed by atoms with E-state index in [4.69, 9.17) is 18.0 Å². The number of nitrogens with one attached hydrogen (secondary N) is 1. The van der Waals surface area contributed by atoms with Crippen LogP contribution in [0.4, 0.5) is 4.79 Å². The number of carboxylic acids is 1. The van der Waals surface area contributed by atoms with Crippen molar-refractivity contribution in [3.8, 4) is 0 Å². The van der Waals surface area contributed by atoms with Gasteiger partial charge >= 0.3 is 12.1 Å². The minimum atomic E-state index is -2.42. The van der Waals surface area contributed by atoms with Crippen molar-refractivity contribution in [1.82, 2.24) is 5.32 Å². The summed E-state index contributed by atoms with van der Waals surface area (Å²) < 4.78 is 27.0. The molecular formula is C30H63NO7Si3. The van der Waals surface area contributed by atoms with Gasteiger partial charge in [0.25, 0.3) is 0 Å². The minimum absolute atomic E-state index is 0.109. The van der Waals surface area contributed by atoms with Crippen LogP contribution in [0.15, 0.2) is 0 Å². The molecule has 0 aromatic rings. The lowest BCUT2D eigenvalue weighted by Crippen LogP contribution is -2.68. The highest BCUT2D eigenvalue weighted by Gasteiger charge is 2.56. The third-order valence-corrected chi connectivity index (χ3v) is 23.3. The second-order valence-corrected chi connectivity index (χ2v) is 30.2. The Bertz CT molecular complexity index is 878. The minimum Gasteiger partial charge on any atom is -0.481 e. The summed E-state index contributed by atoms with van der Waals surface area (Å²) in [5, 5.41) is 13.4. The van der Waals surface area contributed by atoms with Gasteiger partial charge in [-0.1, -0.05) is 62.3 Å². The third kappa shape index (κ3) is 9.89. The Hall–Kier alpha value is -0.729. The Kier molecular flexibility index (Phi) is 12.6. The van der Waals surface area contributed by atoms with E-state index in [-0.39, 0.29) is 16.5 Å². The van der Waals surface area contributed by atoms with Gasteiger partial charge in [-0.05, 0) is 81.6 Å². The fourth-order valence-corrected chi connectivity index (χ4v) is 10.3. The molecule has 8 nitrogen and oxygen atoms in total. The zero-order valence-electron chi connectivity index (χ0n) is 29.1. The summed E-state index contributed by atoms with van der Waals surface area (Å²) in [6, 6.07) is 2.09. The Morgan fingerprint density at radius 1 is 0.732 bits per heavy atom. The fourth-order valence-electron chi connectivity index (χ4n) is 4.78. The molecule has 1 fully saturated rings. The van der Waals surface area contributed by atoms with E-state index in [0.29, 0.717) is 0 Å². The SMILES string of the molecule is CC[Si](CC)(CC)O[C@@H]1[C@@H](O[Si](C)(C)C(C)(C)C)[C@@H](C(=O)O)C[C@@H](NC(=O)OC(C)(C)C)[C@@H]1O[Si](C)(C)C(C)(C)C. The molecule has 1 aliphatic carbocycles. The van der Waals surface area contributed by atoms with Crippen LogP contribution in [0.5, 0.6) is 0 Å². The number of ether oxygens (including phenoxy) is 1. The van der Waals surface area contributed by atoms with Gasteiger partial charge in [0.05, 0.1) is 30.3 Å². The molecule has 1 saturated carbocycles. The van der Waals surface area contributed by atoms with Gasteiger partial charge in [-0.25, -0.2) is 4.79 Å². The van der Waals surface area contributed by atoms with E-state index >= 15 is 0 Å². The first-order valence-electron chi connectivity index (χ1n) is 15.5. The Morgan fingerprint density at radius 2 is 1.15 bits per heavy atom. The number of carbonyl (C=O) groups excluding carboxylic acids is 1. The molecule has 1 aliphatic rings. The van der Waals surface area contributed by atoms with Crippen molar-refractivity contribution < 1.29 is 32.7 Å². The maximum absolute atomic E-state index is 13.1. The van der Waals surface area contributed by atoms with Crippen molar-refractivity contribution in [2.24, 2.45) is 5.92 Å². The number of amides is 1. The number of alkyl carbamates (subject to hydrolysis) is 1. The monoisotopic (exact) mass is 633 g/mol. The lowest BCUT2D eigenvalue weighted by Gasteiger charge is -2.53. The second-order valence-electron chi connectivity index (χ2n) is 15.9. The highest BCUT2D eigenvalue weighted by Crippen LogP contribution is 2.45. The van der Waals surface area contributed by atoms with Crippen molar-refractivity contribution >= 4 is 37.0 Å². The maximum Gasteiger partial charge on any atom is 0.407 e. The number of carboxylic acid groups (broad SMARTS) is 1. The van der Waals surface area contributed by atoms with E-state index in [1.54, 1.807) is 0 Å². The molecule has 0 spiro atoms.